The summed E-state index contributed by atoms with van der Waals surface area (Å²) in [5.41, 5.74) is 7.26. The molecule has 1 aromatic heterocycles. The fourth-order valence-corrected chi connectivity index (χ4v) is 3.19. The molecule has 0 saturated carbocycles. The average molecular weight is 366 g/mol. The summed E-state index contributed by atoms with van der Waals surface area (Å²) < 4.78 is 40.4. The van der Waals surface area contributed by atoms with Gasteiger partial charge in [-0.05, 0) is 56.4 Å². The molecule has 1 heterocycles. The van der Waals surface area contributed by atoms with Gasteiger partial charge in [-0.3, -0.25) is 4.79 Å². The summed E-state index contributed by atoms with van der Waals surface area (Å²) in [6.07, 6.45) is -2.46. The third-order valence-electron chi connectivity index (χ3n) is 4.67. The first-order valence-electron chi connectivity index (χ1n) is 8.71. The molecule has 26 heavy (non-hydrogen) atoms. The van der Waals surface area contributed by atoms with Crippen LogP contribution < -0.4 is 5.73 Å². The van der Waals surface area contributed by atoms with Crippen molar-refractivity contribution in [2.75, 3.05) is 0 Å². The third kappa shape index (κ3) is 4.29. The van der Waals surface area contributed by atoms with Crippen molar-refractivity contribution in [3.63, 3.8) is 0 Å². The molecular weight excluding hydrogens is 341 g/mol. The number of carbonyl (C=O) groups is 1. The van der Waals surface area contributed by atoms with E-state index in [4.69, 9.17) is 5.73 Å². The summed E-state index contributed by atoms with van der Waals surface area (Å²) in [6, 6.07) is 6.77. The molecule has 0 bridgehead atoms. The molecule has 1 atom stereocenters. The fraction of sp³-hybridized carbons (Fsp3) is 0.450. The van der Waals surface area contributed by atoms with E-state index in [1.807, 2.05) is 18.4 Å². The van der Waals surface area contributed by atoms with Crippen molar-refractivity contribution in [2.45, 2.75) is 52.8 Å². The Morgan fingerprint density at radius 1 is 1.12 bits per heavy atom. The summed E-state index contributed by atoms with van der Waals surface area (Å²) in [6.45, 7) is 8.15. The van der Waals surface area contributed by atoms with E-state index in [0.717, 1.165) is 30.7 Å². The van der Waals surface area contributed by atoms with E-state index in [0.29, 0.717) is 22.7 Å². The van der Waals surface area contributed by atoms with Crippen molar-refractivity contribution in [3.05, 3.63) is 47.2 Å². The van der Waals surface area contributed by atoms with Crippen molar-refractivity contribution < 1.29 is 18.0 Å². The first kappa shape index (κ1) is 20.1. The topological polar surface area (TPSA) is 48.0 Å². The van der Waals surface area contributed by atoms with E-state index in [2.05, 4.69) is 13.8 Å². The summed E-state index contributed by atoms with van der Waals surface area (Å²) in [7, 11) is 0. The van der Waals surface area contributed by atoms with Gasteiger partial charge < -0.3 is 10.3 Å². The molecule has 0 fully saturated rings. The normalized spacial score (nSPS) is 13.2. The molecular formula is C20H25F3N2O. The fourth-order valence-electron chi connectivity index (χ4n) is 3.19. The number of benzene rings is 1. The zero-order valence-corrected chi connectivity index (χ0v) is 15.5. The smallest absolute Gasteiger partial charge is 0.366 e. The van der Waals surface area contributed by atoms with E-state index in [1.165, 1.54) is 12.1 Å². The van der Waals surface area contributed by atoms with Crippen LogP contribution in [-0.4, -0.2) is 10.5 Å². The second-order valence-corrected chi connectivity index (χ2v) is 7.16. The van der Waals surface area contributed by atoms with Crippen LogP contribution >= 0.6 is 0 Å². The van der Waals surface area contributed by atoms with Crippen LogP contribution in [0.3, 0.4) is 0 Å². The Labute approximate surface area is 152 Å². The molecule has 1 aromatic carbocycles. The lowest BCUT2D eigenvalue weighted by Gasteiger charge is -2.21. The number of aromatic nitrogens is 1. The zero-order chi connectivity index (χ0) is 19.6. The molecule has 1 unspecified atom stereocenters. The Morgan fingerprint density at radius 2 is 1.69 bits per heavy atom. The summed E-state index contributed by atoms with van der Waals surface area (Å²) in [5.74, 6) is 0.00363. The van der Waals surface area contributed by atoms with Crippen LogP contribution in [0.25, 0.3) is 11.3 Å². The number of hydrogen-bond acceptors (Lipinski definition) is 1. The van der Waals surface area contributed by atoms with Crippen LogP contribution in [-0.2, 0) is 6.18 Å². The number of halogens is 3. The maximum Gasteiger partial charge on any atom is 0.416 e. The number of hydrogen-bond donors (Lipinski definition) is 1. The molecule has 6 heteroatoms. The van der Waals surface area contributed by atoms with Gasteiger partial charge in [0.2, 0.25) is 0 Å². The lowest BCUT2D eigenvalue weighted by atomic mass is 10.0. The lowest BCUT2D eigenvalue weighted by molar-refractivity contribution is -0.137. The highest BCUT2D eigenvalue weighted by atomic mass is 19.4. The molecule has 0 saturated heterocycles. The molecule has 0 radical (unpaired) electrons. The maximum atomic E-state index is 12.8. The summed E-state index contributed by atoms with van der Waals surface area (Å²) in [4.78, 5) is 11.8. The molecule has 142 valence electrons. The third-order valence-corrected chi connectivity index (χ3v) is 4.67. The van der Waals surface area contributed by atoms with Gasteiger partial charge in [-0.2, -0.15) is 13.2 Å². The minimum Gasteiger partial charge on any atom is -0.366 e. The lowest BCUT2D eigenvalue weighted by Crippen LogP contribution is -2.14. The molecule has 1 amide bonds. The molecule has 0 aliphatic heterocycles. The Bertz CT molecular complexity index is 774. The van der Waals surface area contributed by atoms with Crippen molar-refractivity contribution in [1.29, 1.82) is 0 Å². The number of alkyl halides is 3. The molecule has 2 N–H and O–H groups in total. The Hall–Kier alpha value is -2.24. The van der Waals surface area contributed by atoms with E-state index in [1.54, 1.807) is 6.07 Å². The first-order valence-corrected chi connectivity index (χ1v) is 8.71. The van der Waals surface area contributed by atoms with E-state index in [9.17, 15) is 18.0 Å². The van der Waals surface area contributed by atoms with E-state index in [-0.39, 0.29) is 6.04 Å². The molecule has 2 aromatic rings. The van der Waals surface area contributed by atoms with Crippen LogP contribution in [0.5, 0.6) is 0 Å². The van der Waals surface area contributed by atoms with Crippen molar-refractivity contribution >= 4 is 5.91 Å². The van der Waals surface area contributed by atoms with Crippen molar-refractivity contribution in [1.82, 2.24) is 4.57 Å². The molecule has 2 rings (SSSR count). The minimum absolute atomic E-state index is 0.0998. The van der Waals surface area contributed by atoms with Gasteiger partial charge in [0.05, 0.1) is 11.1 Å². The van der Waals surface area contributed by atoms with Gasteiger partial charge in [0.15, 0.2) is 0 Å². The van der Waals surface area contributed by atoms with Gasteiger partial charge in [-0.15, -0.1) is 0 Å². The largest absolute Gasteiger partial charge is 0.416 e. The van der Waals surface area contributed by atoms with Gasteiger partial charge >= 0.3 is 6.18 Å². The monoisotopic (exact) mass is 366 g/mol. The highest BCUT2D eigenvalue weighted by Crippen LogP contribution is 2.34. The molecule has 3 nitrogen and oxygen atoms in total. The number of amides is 1. The van der Waals surface area contributed by atoms with Crippen LogP contribution in [0.2, 0.25) is 0 Å². The number of rotatable bonds is 6. The van der Waals surface area contributed by atoms with E-state index < -0.39 is 17.6 Å². The van der Waals surface area contributed by atoms with Crippen LogP contribution in [0.1, 0.15) is 61.3 Å². The highest BCUT2D eigenvalue weighted by Gasteiger charge is 2.30. The summed E-state index contributed by atoms with van der Waals surface area (Å²) >= 11 is 0. The maximum absolute atomic E-state index is 12.8. The van der Waals surface area contributed by atoms with Crippen molar-refractivity contribution in [3.8, 4) is 11.3 Å². The van der Waals surface area contributed by atoms with Gasteiger partial charge in [0.25, 0.3) is 5.91 Å². The predicted octanol–water partition coefficient (Wildman–Crippen LogP) is 5.58. The Kier molecular flexibility index (Phi) is 5.84. The first-order chi connectivity index (χ1) is 12.0. The Morgan fingerprint density at radius 3 is 2.15 bits per heavy atom. The number of carbonyl (C=O) groups excluding carboxylic acids is 1. The number of nitrogens with zero attached hydrogens (tertiary/aromatic N) is 1. The predicted molar refractivity (Wildman–Crippen MR) is 96.9 cm³/mol. The summed E-state index contributed by atoms with van der Waals surface area (Å²) in [5, 5.41) is 0. The molecule has 0 aliphatic carbocycles. The van der Waals surface area contributed by atoms with Gasteiger partial charge in [-0.1, -0.05) is 26.0 Å². The zero-order valence-electron chi connectivity index (χ0n) is 15.5. The number of nitrogens with two attached hydrogens (primary N) is 1. The van der Waals surface area contributed by atoms with E-state index >= 15 is 0 Å². The number of primary amides is 1. The molecule has 0 aliphatic rings. The minimum atomic E-state index is -4.38. The van der Waals surface area contributed by atoms with Crippen LogP contribution in [0.15, 0.2) is 30.3 Å². The average Bonchev–Trinajstić information content (AvgIpc) is 2.89. The Balaban J connectivity index is 2.49. The molecule has 0 spiro atoms. The highest BCUT2D eigenvalue weighted by molar-refractivity contribution is 5.95. The SMILES string of the molecule is Cc1c(C(N)=O)cc(-c2ccc(C(F)(F)F)cc2)n1C(C)CCC(C)C. The van der Waals surface area contributed by atoms with Crippen LogP contribution in [0, 0.1) is 12.8 Å². The second kappa shape index (κ2) is 7.56. The van der Waals surface area contributed by atoms with Gasteiger partial charge in [0, 0.05) is 17.4 Å². The standard InChI is InChI=1S/C20H25F3N2O/c1-12(2)5-6-13(3)25-14(4)17(19(24)26)11-18(25)15-7-9-16(10-8-15)20(21,22)23/h7-13H,5-6H2,1-4H3,(H2,24,26). The second-order valence-electron chi connectivity index (χ2n) is 7.16. The van der Waals surface area contributed by atoms with Crippen LogP contribution in [0.4, 0.5) is 13.2 Å². The van der Waals surface area contributed by atoms with Crippen molar-refractivity contribution in [2.24, 2.45) is 11.7 Å². The van der Waals surface area contributed by atoms with Gasteiger partial charge in [0.1, 0.15) is 0 Å². The quantitative estimate of drug-likeness (QED) is 0.713. The van der Waals surface area contributed by atoms with Gasteiger partial charge in [-0.25, -0.2) is 0 Å².